The molecule has 3 aliphatic heterocycles. The normalized spacial score (nSPS) is 29.5. The van der Waals surface area contributed by atoms with Crippen LogP contribution in [0.5, 0.6) is 0 Å². The number of piperidine rings is 1. The summed E-state index contributed by atoms with van der Waals surface area (Å²) in [5, 5.41) is 5.62. The van der Waals surface area contributed by atoms with E-state index in [2.05, 4.69) is 20.5 Å². The molecule has 154 valence electrons. The Morgan fingerprint density at radius 2 is 1.71 bits per heavy atom. The summed E-state index contributed by atoms with van der Waals surface area (Å²) in [5.41, 5.74) is 0. The molecule has 2 unspecified atom stereocenters. The van der Waals surface area contributed by atoms with E-state index in [1.807, 2.05) is 11.9 Å². The van der Waals surface area contributed by atoms with Gasteiger partial charge in [-0.25, -0.2) is 9.79 Å². The predicted molar refractivity (Wildman–Crippen MR) is 103 cm³/mol. The minimum Gasteiger partial charge on any atom is -0.353 e. The number of likely N-dealkylation sites (N-methyl/N-ethyl adjacent to an activating group) is 2. The molecule has 9 nitrogen and oxygen atoms in total. The molecule has 0 radical (unpaired) electrons. The minimum absolute atomic E-state index is 0.0420. The zero-order valence-electron chi connectivity index (χ0n) is 16.7. The number of nitrogens with zero attached hydrogens (tertiary/aromatic N) is 4. The molecule has 4 aliphatic rings. The molecule has 0 aromatic rings. The first-order valence-electron chi connectivity index (χ1n) is 10.4. The maximum absolute atomic E-state index is 12.6. The van der Waals surface area contributed by atoms with Gasteiger partial charge >= 0.3 is 6.03 Å². The molecule has 1 aliphatic carbocycles. The summed E-state index contributed by atoms with van der Waals surface area (Å²) < 4.78 is 0. The fraction of sp³-hybridized carbons (Fsp3) is 0.789. The van der Waals surface area contributed by atoms with Gasteiger partial charge < -0.3 is 20.0 Å². The number of imide groups is 1. The van der Waals surface area contributed by atoms with E-state index < -0.39 is 18.2 Å². The largest absolute Gasteiger partial charge is 0.353 e. The van der Waals surface area contributed by atoms with Gasteiger partial charge in [-0.2, -0.15) is 0 Å². The van der Waals surface area contributed by atoms with Crippen molar-refractivity contribution >= 4 is 23.8 Å². The maximum Gasteiger partial charge on any atom is 0.325 e. The van der Waals surface area contributed by atoms with E-state index >= 15 is 0 Å². The predicted octanol–water partition coefficient (Wildman–Crippen LogP) is 0.325. The third-order valence-electron chi connectivity index (χ3n) is 6.58. The van der Waals surface area contributed by atoms with Crippen molar-refractivity contribution < 1.29 is 14.4 Å². The Labute approximate surface area is 165 Å². The lowest BCUT2D eigenvalue weighted by Gasteiger charge is -2.37. The lowest BCUT2D eigenvalue weighted by molar-refractivity contribution is -0.127. The van der Waals surface area contributed by atoms with Gasteiger partial charge in [0, 0.05) is 39.1 Å². The summed E-state index contributed by atoms with van der Waals surface area (Å²) in [6.07, 6.45) is 6.97. The standard InChI is InChI=1S/C19H30N6O3/c1-23-14-15(24(2)19(28)22-17(14)27)21-18(23)25-10-8-12(9-11-25)16(26)20-13-6-4-3-5-7-13/h12-15H,3-11H2,1-2H3,(H,20,26)(H,22,27,28). The van der Waals surface area contributed by atoms with Crippen LogP contribution in [0.15, 0.2) is 4.99 Å². The molecule has 2 saturated heterocycles. The van der Waals surface area contributed by atoms with Gasteiger partial charge in [0.15, 0.2) is 18.2 Å². The Balaban J connectivity index is 1.35. The van der Waals surface area contributed by atoms with E-state index in [1.54, 1.807) is 7.05 Å². The zero-order valence-corrected chi connectivity index (χ0v) is 16.7. The first-order chi connectivity index (χ1) is 13.5. The van der Waals surface area contributed by atoms with Crippen molar-refractivity contribution in [3.05, 3.63) is 0 Å². The van der Waals surface area contributed by atoms with Crippen LogP contribution in [0.1, 0.15) is 44.9 Å². The van der Waals surface area contributed by atoms with E-state index in [1.165, 1.54) is 24.2 Å². The van der Waals surface area contributed by atoms with Gasteiger partial charge in [-0.3, -0.25) is 14.9 Å². The number of fused-ring (bicyclic) bond motifs is 1. The van der Waals surface area contributed by atoms with E-state index in [0.717, 1.165) is 44.7 Å². The van der Waals surface area contributed by atoms with Crippen molar-refractivity contribution in [2.24, 2.45) is 10.9 Å². The second-order valence-electron chi connectivity index (χ2n) is 8.41. The van der Waals surface area contributed by atoms with Gasteiger partial charge in [-0.1, -0.05) is 19.3 Å². The molecule has 2 N–H and O–H groups in total. The second-order valence-corrected chi connectivity index (χ2v) is 8.41. The maximum atomic E-state index is 12.6. The van der Waals surface area contributed by atoms with Gasteiger partial charge in [0.25, 0.3) is 5.91 Å². The number of hydrogen-bond acceptors (Lipinski definition) is 6. The molecule has 0 spiro atoms. The third-order valence-corrected chi connectivity index (χ3v) is 6.58. The van der Waals surface area contributed by atoms with Crippen LogP contribution in [0.3, 0.4) is 0 Å². The Bertz CT molecular complexity index is 681. The van der Waals surface area contributed by atoms with E-state index in [-0.39, 0.29) is 17.7 Å². The Hall–Kier alpha value is -2.32. The van der Waals surface area contributed by atoms with Crippen molar-refractivity contribution in [1.29, 1.82) is 0 Å². The number of rotatable bonds is 2. The Kier molecular flexibility index (Phi) is 5.16. The molecule has 0 aromatic heterocycles. The fourth-order valence-electron chi connectivity index (χ4n) is 4.81. The topological polar surface area (TPSA) is 97.4 Å². The third kappa shape index (κ3) is 3.42. The highest BCUT2D eigenvalue weighted by Gasteiger charge is 2.48. The van der Waals surface area contributed by atoms with Gasteiger partial charge in [0.05, 0.1) is 0 Å². The van der Waals surface area contributed by atoms with E-state index in [9.17, 15) is 14.4 Å². The molecule has 2 atom stereocenters. The average Bonchev–Trinajstić information content (AvgIpc) is 3.05. The van der Waals surface area contributed by atoms with Crippen LogP contribution < -0.4 is 10.6 Å². The first kappa shape index (κ1) is 19.0. The highest BCUT2D eigenvalue weighted by Crippen LogP contribution is 2.27. The number of guanidine groups is 1. The highest BCUT2D eigenvalue weighted by atomic mass is 16.2. The Morgan fingerprint density at radius 1 is 1.04 bits per heavy atom. The van der Waals surface area contributed by atoms with E-state index in [0.29, 0.717) is 6.04 Å². The van der Waals surface area contributed by atoms with Crippen LogP contribution in [0.25, 0.3) is 0 Å². The average molecular weight is 390 g/mol. The lowest BCUT2D eigenvalue weighted by Crippen LogP contribution is -2.63. The monoisotopic (exact) mass is 390 g/mol. The molecule has 9 heteroatoms. The van der Waals surface area contributed by atoms with Crippen LogP contribution in [-0.2, 0) is 9.59 Å². The molecular formula is C19H30N6O3. The summed E-state index contributed by atoms with van der Waals surface area (Å²) in [4.78, 5) is 46.9. The summed E-state index contributed by atoms with van der Waals surface area (Å²) >= 11 is 0. The molecule has 0 aromatic carbocycles. The van der Waals surface area contributed by atoms with Crippen molar-refractivity contribution in [1.82, 2.24) is 25.3 Å². The number of hydrogen-bond donors (Lipinski definition) is 2. The van der Waals surface area contributed by atoms with Crippen molar-refractivity contribution in [2.45, 2.75) is 63.2 Å². The van der Waals surface area contributed by atoms with Gasteiger partial charge in [-0.15, -0.1) is 0 Å². The number of carbonyl (C=O) groups is 3. The van der Waals surface area contributed by atoms with Gasteiger partial charge in [0.2, 0.25) is 5.91 Å². The molecule has 4 amide bonds. The SMILES string of the molecule is CN1C(=O)NC(=O)C2C1N=C(N1CCC(C(=O)NC3CCCCC3)CC1)N2C. The molecule has 4 rings (SSSR count). The number of aliphatic imine (C=N–C) groups is 1. The van der Waals surface area contributed by atoms with Gasteiger partial charge in [-0.05, 0) is 25.7 Å². The number of amides is 4. The second kappa shape index (κ2) is 7.60. The molecule has 3 fully saturated rings. The number of urea groups is 1. The molecule has 1 saturated carbocycles. The van der Waals surface area contributed by atoms with Crippen molar-refractivity contribution in [2.75, 3.05) is 27.2 Å². The van der Waals surface area contributed by atoms with Crippen LogP contribution in [0, 0.1) is 5.92 Å². The van der Waals surface area contributed by atoms with E-state index in [4.69, 9.17) is 0 Å². The quantitative estimate of drug-likeness (QED) is 0.708. The highest BCUT2D eigenvalue weighted by molar-refractivity contribution is 6.03. The Morgan fingerprint density at radius 3 is 2.39 bits per heavy atom. The number of likely N-dealkylation sites (tertiary alicyclic amines) is 1. The smallest absolute Gasteiger partial charge is 0.325 e. The fourth-order valence-corrected chi connectivity index (χ4v) is 4.81. The first-order valence-corrected chi connectivity index (χ1v) is 10.4. The summed E-state index contributed by atoms with van der Waals surface area (Å²) in [7, 11) is 3.50. The molecule has 0 bridgehead atoms. The van der Waals surface area contributed by atoms with Crippen LogP contribution in [-0.4, -0.2) is 83.9 Å². The summed E-state index contributed by atoms with van der Waals surface area (Å²) in [5.74, 6) is 0.654. The molecule has 3 heterocycles. The van der Waals surface area contributed by atoms with Crippen molar-refractivity contribution in [3.8, 4) is 0 Å². The summed E-state index contributed by atoms with van der Waals surface area (Å²) in [6.45, 7) is 1.45. The molecular weight excluding hydrogens is 360 g/mol. The van der Waals surface area contributed by atoms with Crippen LogP contribution in [0.2, 0.25) is 0 Å². The minimum atomic E-state index is -0.495. The number of nitrogens with one attached hydrogen (secondary N) is 2. The number of carbonyl (C=O) groups excluding carboxylic acids is 3. The van der Waals surface area contributed by atoms with Crippen molar-refractivity contribution in [3.63, 3.8) is 0 Å². The summed E-state index contributed by atoms with van der Waals surface area (Å²) in [6, 6.07) is -0.563. The van der Waals surface area contributed by atoms with Crippen LogP contribution in [0.4, 0.5) is 4.79 Å². The zero-order chi connectivity index (χ0) is 19.8. The lowest BCUT2D eigenvalue weighted by atomic mass is 9.92. The molecule has 28 heavy (non-hydrogen) atoms. The van der Waals surface area contributed by atoms with Gasteiger partial charge in [0.1, 0.15) is 0 Å². The van der Waals surface area contributed by atoms with Crippen LogP contribution >= 0.6 is 0 Å².